The molecule has 0 N–H and O–H groups in total. The molecule has 0 saturated carbocycles. The molecule has 2 aromatic heterocycles. The fraction of sp³-hybridized carbons (Fsp3) is 0.292. The van der Waals surface area contributed by atoms with Crippen molar-refractivity contribution >= 4 is 28.0 Å². The topological polar surface area (TPSA) is 91.6 Å². The van der Waals surface area contributed by atoms with Crippen molar-refractivity contribution in [2.45, 2.75) is 45.3 Å². The number of aromatic nitrogens is 1. The van der Waals surface area contributed by atoms with Crippen molar-refractivity contribution in [3.05, 3.63) is 80.1 Å². The van der Waals surface area contributed by atoms with E-state index in [1.807, 2.05) is 18.2 Å². The number of hydrogen-bond donors (Lipinski definition) is 0. The second-order valence-corrected chi connectivity index (χ2v) is 7.81. The Bertz CT molecular complexity index is 1410. The zero-order chi connectivity index (χ0) is 21.4. The van der Waals surface area contributed by atoms with Gasteiger partial charge in [0, 0.05) is 30.0 Å². The molecule has 0 fully saturated rings. The van der Waals surface area contributed by atoms with E-state index in [-0.39, 0.29) is 19.0 Å². The van der Waals surface area contributed by atoms with Gasteiger partial charge >= 0.3 is 17.4 Å². The lowest BCUT2D eigenvalue weighted by Crippen LogP contribution is -2.15. The van der Waals surface area contributed by atoms with Crippen LogP contribution in [0.1, 0.15) is 36.0 Å². The number of carbonyl (C=O) groups is 1. The summed E-state index contributed by atoms with van der Waals surface area (Å²) in [7, 11) is 0. The second kappa shape index (κ2) is 7.91. The number of para-hydroxylation sites is 2. The fourth-order valence-corrected chi connectivity index (χ4v) is 4.25. The monoisotopic (exact) mass is 419 g/mol. The van der Waals surface area contributed by atoms with Crippen LogP contribution in [-0.4, -0.2) is 10.5 Å². The third-order valence-corrected chi connectivity index (χ3v) is 5.77. The van der Waals surface area contributed by atoms with E-state index in [4.69, 9.17) is 13.6 Å². The van der Waals surface area contributed by atoms with Gasteiger partial charge in [-0.05, 0) is 61.1 Å². The van der Waals surface area contributed by atoms with E-state index in [9.17, 15) is 14.4 Å². The van der Waals surface area contributed by atoms with E-state index in [2.05, 4.69) is 0 Å². The molecule has 1 aliphatic rings. The molecule has 0 aliphatic heterocycles. The average molecular weight is 419 g/mol. The SMILES string of the molecule is O=C(CCCn1c(=O)oc2ccccc21)OCc1cc(=O)oc2cc3c(cc12)CCC3. The van der Waals surface area contributed by atoms with Crippen molar-refractivity contribution in [2.24, 2.45) is 0 Å². The molecule has 0 bridgehead atoms. The smallest absolute Gasteiger partial charge is 0.419 e. The van der Waals surface area contributed by atoms with Gasteiger partial charge in [0.2, 0.25) is 0 Å². The van der Waals surface area contributed by atoms with E-state index < -0.39 is 11.4 Å². The van der Waals surface area contributed by atoms with Gasteiger partial charge in [0.15, 0.2) is 5.58 Å². The summed E-state index contributed by atoms with van der Waals surface area (Å²) in [6.07, 6.45) is 3.68. The molecule has 0 unspecified atom stereocenters. The highest BCUT2D eigenvalue weighted by molar-refractivity contribution is 5.82. The van der Waals surface area contributed by atoms with E-state index in [0.29, 0.717) is 35.2 Å². The Labute approximate surface area is 176 Å². The first-order valence-corrected chi connectivity index (χ1v) is 10.4. The molecule has 0 amide bonds. The Morgan fingerprint density at radius 1 is 1.00 bits per heavy atom. The summed E-state index contributed by atoms with van der Waals surface area (Å²) >= 11 is 0. The predicted octanol–water partition coefficient (Wildman–Crippen LogP) is 3.71. The van der Waals surface area contributed by atoms with Crippen molar-refractivity contribution < 1.29 is 18.4 Å². The molecule has 31 heavy (non-hydrogen) atoms. The number of nitrogens with zero attached hydrogens (tertiary/aromatic N) is 1. The predicted molar refractivity (Wildman–Crippen MR) is 114 cm³/mol. The van der Waals surface area contributed by atoms with Crippen LogP contribution in [0.5, 0.6) is 0 Å². The summed E-state index contributed by atoms with van der Waals surface area (Å²) in [5.41, 5.74) is 4.42. The Kier molecular flexibility index (Phi) is 4.94. The van der Waals surface area contributed by atoms with Gasteiger partial charge in [-0.2, -0.15) is 0 Å². The summed E-state index contributed by atoms with van der Waals surface area (Å²) in [4.78, 5) is 36.2. The lowest BCUT2D eigenvalue weighted by Gasteiger charge is -2.09. The number of esters is 1. The highest BCUT2D eigenvalue weighted by Gasteiger charge is 2.16. The molecule has 2 heterocycles. The average Bonchev–Trinajstić information content (AvgIpc) is 3.34. The first-order valence-electron chi connectivity index (χ1n) is 10.4. The molecule has 0 atom stereocenters. The summed E-state index contributed by atoms with van der Waals surface area (Å²) in [5, 5.41) is 0.810. The number of carbonyl (C=O) groups excluding carboxylic acids is 1. The van der Waals surface area contributed by atoms with Crippen LogP contribution in [0.15, 0.2) is 60.9 Å². The van der Waals surface area contributed by atoms with Gasteiger partial charge < -0.3 is 13.6 Å². The maximum Gasteiger partial charge on any atom is 0.419 e. The Balaban J connectivity index is 1.25. The summed E-state index contributed by atoms with van der Waals surface area (Å²) in [5.74, 6) is -0.826. The van der Waals surface area contributed by atoms with Crippen molar-refractivity contribution in [3.63, 3.8) is 0 Å². The van der Waals surface area contributed by atoms with Gasteiger partial charge in [0.25, 0.3) is 0 Å². The van der Waals surface area contributed by atoms with Crippen LogP contribution in [-0.2, 0) is 35.5 Å². The summed E-state index contributed by atoms with van der Waals surface area (Å²) in [6.45, 7) is 0.364. The summed E-state index contributed by atoms with van der Waals surface area (Å²) in [6, 6.07) is 12.5. The first kappa shape index (κ1) is 19.4. The molecular formula is C24H21NO6. The van der Waals surface area contributed by atoms with Gasteiger partial charge in [-0.1, -0.05) is 12.1 Å². The lowest BCUT2D eigenvalue weighted by molar-refractivity contribution is -0.145. The van der Waals surface area contributed by atoms with Crippen molar-refractivity contribution in [2.75, 3.05) is 0 Å². The Morgan fingerprint density at radius 3 is 2.68 bits per heavy atom. The molecule has 158 valence electrons. The highest BCUT2D eigenvalue weighted by atomic mass is 16.5. The van der Waals surface area contributed by atoms with Gasteiger partial charge in [0.1, 0.15) is 12.2 Å². The minimum absolute atomic E-state index is 0.00824. The van der Waals surface area contributed by atoms with E-state index in [1.54, 1.807) is 18.2 Å². The van der Waals surface area contributed by atoms with E-state index >= 15 is 0 Å². The van der Waals surface area contributed by atoms with Crippen LogP contribution >= 0.6 is 0 Å². The Morgan fingerprint density at radius 2 is 1.81 bits per heavy atom. The van der Waals surface area contributed by atoms with Crippen LogP contribution in [0.2, 0.25) is 0 Å². The molecular weight excluding hydrogens is 398 g/mol. The molecule has 2 aromatic carbocycles. The minimum atomic E-state index is -0.456. The maximum atomic E-state index is 12.3. The molecule has 5 rings (SSSR count). The maximum absolute atomic E-state index is 12.3. The van der Waals surface area contributed by atoms with Crippen molar-refractivity contribution in [1.82, 2.24) is 4.57 Å². The first-order chi connectivity index (χ1) is 15.1. The summed E-state index contributed by atoms with van der Waals surface area (Å²) < 4.78 is 17.5. The quantitative estimate of drug-likeness (QED) is 0.349. The van der Waals surface area contributed by atoms with E-state index in [1.165, 1.54) is 21.8 Å². The second-order valence-electron chi connectivity index (χ2n) is 7.81. The zero-order valence-corrected chi connectivity index (χ0v) is 16.9. The number of benzene rings is 2. The largest absolute Gasteiger partial charge is 0.461 e. The molecule has 1 aliphatic carbocycles. The normalized spacial score (nSPS) is 13.0. The Hall–Kier alpha value is -3.61. The van der Waals surface area contributed by atoms with Gasteiger partial charge in [0.05, 0.1) is 5.52 Å². The number of rotatable bonds is 6. The number of hydrogen-bond acceptors (Lipinski definition) is 6. The standard InChI is InChI=1S/C24H21NO6/c26-22(9-4-10-25-19-7-1-2-8-20(19)31-24(25)28)29-14-17-13-23(27)30-21-12-16-6-3-5-15(16)11-18(17)21/h1-2,7-8,11-13H,3-6,9-10,14H2. The van der Waals surface area contributed by atoms with Crippen molar-refractivity contribution in [1.29, 1.82) is 0 Å². The van der Waals surface area contributed by atoms with Gasteiger partial charge in [-0.25, -0.2) is 9.59 Å². The van der Waals surface area contributed by atoms with Gasteiger partial charge in [-0.15, -0.1) is 0 Å². The van der Waals surface area contributed by atoms with Crippen molar-refractivity contribution in [3.8, 4) is 0 Å². The minimum Gasteiger partial charge on any atom is -0.461 e. The fourth-order valence-electron chi connectivity index (χ4n) is 4.25. The van der Waals surface area contributed by atoms with Crippen LogP contribution < -0.4 is 11.4 Å². The number of ether oxygens (including phenoxy) is 1. The third kappa shape index (κ3) is 3.79. The zero-order valence-electron chi connectivity index (χ0n) is 16.9. The molecule has 4 aromatic rings. The van der Waals surface area contributed by atoms with Crippen LogP contribution in [0.25, 0.3) is 22.1 Å². The third-order valence-electron chi connectivity index (χ3n) is 5.77. The van der Waals surface area contributed by atoms with E-state index in [0.717, 1.165) is 24.6 Å². The number of fused-ring (bicyclic) bond motifs is 3. The number of aryl methyl sites for hydroxylation is 3. The molecule has 7 heteroatoms. The lowest BCUT2D eigenvalue weighted by atomic mass is 10.0. The van der Waals surface area contributed by atoms with Gasteiger partial charge in [-0.3, -0.25) is 9.36 Å². The van der Waals surface area contributed by atoms with Crippen LogP contribution in [0, 0.1) is 0 Å². The van der Waals surface area contributed by atoms with Crippen LogP contribution in [0.3, 0.4) is 0 Å². The molecule has 7 nitrogen and oxygen atoms in total. The van der Waals surface area contributed by atoms with Crippen LogP contribution in [0.4, 0.5) is 0 Å². The highest BCUT2D eigenvalue weighted by Crippen LogP contribution is 2.28. The molecule has 0 radical (unpaired) electrons. The molecule has 0 saturated heterocycles. The number of oxazole rings is 1. The molecule has 0 spiro atoms.